The van der Waals surface area contributed by atoms with Gasteiger partial charge >= 0.3 is 0 Å². The average molecular weight is 228 g/mol. The molecule has 5 heteroatoms. The van der Waals surface area contributed by atoms with Crippen molar-refractivity contribution in [3.63, 3.8) is 0 Å². The van der Waals surface area contributed by atoms with Crippen LogP contribution in [0.25, 0.3) is 0 Å². The lowest BCUT2D eigenvalue weighted by Crippen LogP contribution is -2.39. The zero-order chi connectivity index (χ0) is 10.8. The number of hydrogen-bond acceptors (Lipinski definition) is 2. The van der Waals surface area contributed by atoms with Crippen molar-refractivity contribution in [2.75, 3.05) is 13.1 Å². The number of aryl methyl sites for hydroxylation is 1. The summed E-state index contributed by atoms with van der Waals surface area (Å²) >= 11 is 5.98. The van der Waals surface area contributed by atoms with Crippen LogP contribution in [0.5, 0.6) is 0 Å². The van der Waals surface area contributed by atoms with Gasteiger partial charge in [0.25, 0.3) is 5.91 Å². The van der Waals surface area contributed by atoms with Crippen LogP contribution in [-0.2, 0) is 0 Å². The molecule has 1 N–H and O–H groups in total. The second-order valence-electron chi connectivity index (χ2n) is 3.89. The molecule has 82 valence electrons. The summed E-state index contributed by atoms with van der Waals surface area (Å²) in [6, 6.07) is 0. The molecule has 0 saturated carbocycles. The molecule has 2 heterocycles. The third-order valence-corrected chi connectivity index (χ3v) is 3.19. The number of H-pyrrole nitrogens is 1. The van der Waals surface area contributed by atoms with E-state index in [9.17, 15) is 4.79 Å². The fourth-order valence-corrected chi connectivity index (χ4v) is 1.97. The van der Waals surface area contributed by atoms with E-state index >= 15 is 0 Å². The molecule has 0 bridgehead atoms. The van der Waals surface area contributed by atoms with Gasteiger partial charge in [-0.15, -0.1) is 11.6 Å². The van der Waals surface area contributed by atoms with Gasteiger partial charge in [0.05, 0.1) is 6.20 Å². The van der Waals surface area contributed by atoms with Crippen LogP contribution in [0, 0.1) is 6.92 Å². The van der Waals surface area contributed by atoms with Gasteiger partial charge in [0.15, 0.2) is 0 Å². The van der Waals surface area contributed by atoms with Gasteiger partial charge in [-0.3, -0.25) is 9.89 Å². The van der Waals surface area contributed by atoms with Crippen molar-refractivity contribution < 1.29 is 4.79 Å². The highest BCUT2D eigenvalue weighted by Crippen LogP contribution is 2.17. The predicted molar refractivity (Wildman–Crippen MR) is 58.1 cm³/mol. The first-order chi connectivity index (χ1) is 7.18. The molecular formula is C10H14ClN3O. The van der Waals surface area contributed by atoms with Crippen molar-refractivity contribution in [3.8, 4) is 0 Å². The molecule has 1 aromatic heterocycles. The second kappa shape index (κ2) is 4.23. The zero-order valence-corrected chi connectivity index (χ0v) is 9.42. The van der Waals surface area contributed by atoms with Crippen LogP contribution in [0.4, 0.5) is 0 Å². The monoisotopic (exact) mass is 227 g/mol. The van der Waals surface area contributed by atoms with E-state index in [0.29, 0.717) is 5.69 Å². The van der Waals surface area contributed by atoms with Gasteiger partial charge < -0.3 is 4.90 Å². The fourth-order valence-electron chi connectivity index (χ4n) is 1.77. The van der Waals surface area contributed by atoms with Gasteiger partial charge in [0.1, 0.15) is 5.69 Å². The minimum Gasteiger partial charge on any atom is -0.337 e. The number of rotatable bonds is 1. The number of nitrogens with one attached hydrogen (secondary N) is 1. The second-order valence-corrected chi connectivity index (χ2v) is 4.51. The van der Waals surface area contributed by atoms with Crippen LogP contribution in [0.15, 0.2) is 6.20 Å². The van der Waals surface area contributed by atoms with E-state index < -0.39 is 0 Å². The van der Waals surface area contributed by atoms with Gasteiger partial charge in [-0.05, 0) is 25.3 Å². The van der Waals surface area contributed by atoms with Crippen LogP contribution >= 0.6 is 11.6 Å². The number of carbonyl (C=O) groups is 1. The summed E-state index contributed by atoms with van der Waals surface area (Å²) in [6.45, 7) is 3.36. The Morgan fingerprint density at radius 1 is 1.60 bits per heavy atom. The van der Waals surface area contributed by atoms with Gasteiger partial charge in [-0.1, -0.05) is 0 Å². The summed E-state index contributed by atoms with van der Waals surface area (Å²) in [5.74, 6) is 0.0357. The highest BCUT2D eigenvalue weighted by molar-refractivity contribution is 6.20. The maximum absolute atomic E-state index is 12.0. The van der Waals surface area contributed by atoms with Crippen molar-refractivity contribution in [2.45, 2.75) is 25.1 Å². The maximum atomic E-state index is 12.0. The molecule has 0 spiro atoms. The average Bonchev–Trinajstić information content (AvgIpc) is 2.65. The highest BCUT2D eigenvalue weighted by Gasteiger charge is 2.24. The molecule has 2 rings (SSSR count). The highest BCUT2D eigenvalue weighted by atomic mass is 35.5. The van der Waals surface area contributed by atoms with Crippen LogP contribution in [0.2, 0.25) is 0 Å². The quantitative estimate of drug-likeness (QED) is 0.741. The van der Waals surface area contributed by atoms with E-state index in [2.05, 4.69) is 10.2 Å². The Bertz CT molecular complexity index is 355. The standard InChI is InChI=1S/C10H14ClN3O/c1-7-6-12-13-9(7)10(15)14-4-2-8(11)3-5-14/h6,8H,2-5H2,1H3,(H,12,13). The molecule has 0 atom stereocenters. The van der Waals surface area contributed by atoms with E-state index in [4.69, 9.17) is 11.6 Å². The molecular weight excluding hydrogens is 214 g/mol. The Morgan fingerprint density at radius 2 is 2.27 bits per heavy atom. The molecule has 1 saturated heterocycles. The number of piperidine rings is 1. The van der Waals surface area contributed by atoms with Gasteiger partial charge in [-0.2, -0.15) is 5.10 Å². The van der Waals surface area contributed by atoms with Crippen molar-refractivity contribution >= 4 is 17.5 Å². The zero-order valence-electron chi connectivity index (χ0n) is 8.66. The minimum absolute atomic E-state index is 0.0357. The largest absolute Gasteiger partial charge is 0.337 e. The first-order valence-corrected chi connectivity index (χ1v) is 5.55. The molecule has 15 heavy (non-hydrogen) atoms. The molecule has 0 aromatic carbocycles. The fraction of sp³-hybridized carbons (Fsp3) is 0.600. The van der Waals surface area contributed by atoms with Crippen LogP contribution in [-0.4, -0.2) is 39.5 Å². The van der Waals surface area contributed by atoms with E-state index in [1.807, 2.05) is 11.8 Å². The number of hydrogen-bond donors (Lipinski definition) is 1. The summed E-state index contributed by atoms with van der Waals surface area (Å²) in [7, 11) is 0. The molecule has 0 aliphatic carbocycles. The van der Waals surface area contributed by atoms with Crippen molar-refractivity contribution in [1.29, 1.82) is 0 Å². The number of halogens is 1. The molecule has 1 amide bonds. The Morgan fingerprint density at radius 3 is 2.80 bits per heavy atom. The predicted octanol–water partition coefficient (Wildman–Crippen LogP) is 1.56. The first kappa shape index (κ1) is 10.5. The lowest BCUT2D eigenvalue weighted by Gasteiger charge is -2.29. The molecule has 1 aliphatic rings. The Kier molecular flexibility index (Phi) is 2.95. The SMILES string of the molecule is Cc1cn[nH]c1C(=O)N1CCC(Cl)CC1. The van der Waals surface area contributed by atoms with E-state index in [-0.39, 0.29) is 11.3 Å². The van der Waals surface area contributed by atoms with Crippen molar-refractivity contribution in [3.05, 3.63) is 17.5 Å². The van der Waals surface area contributed by atoms with Gasteiger partial charge in [-0.25, -0.2) is 0 Å². The molecule has 1 aliphatic heterocycles. The summed E-state index contributed by atoms with van der Waals surface area (Å²) in [6.07, 6.45) is 3.42. The smallest absolute Gasteiger partial charge is 0.272 e. The van der Waals surface area contributed by atoms with Crippen LogP contribution in [0.3, 0.4) is 0 Å². The summed E-state index contributed by atoms with van der Waals surface area (Å²) < 4.78 is 0. The Labute approximate surface area is 93.6 Å². The maximum Gasteiger partial charge on any atom is 0.272 e. The topological polar surface area (TPSA) is 49.0 Å². The lowest BCUT2D eigenvalue weighted by molar-refractivity contribution is 0.0720. The van der Waals surface area contributed by atoms with Gasteiger partial charge in [0, 0.05) is 18.5 Å². The van der Waals surface area contributed by atoms with Gasteiger partial charge in [0.2, 0.25) is 0 Å². The van der Waals surface area contributed by atoms with Crippen molar-refractivity contribution in [1.82, 2.24) is 15.1 Å². The molecule has 1 fully saturated rings. The molecule has 0 unspecified atom stereocenters. The summed E-state index contributed by atoms with van der Waals surface area (Å²) in [5.41, 5.74) is 1.50. The number of nitrogens with zero attached hydrogens (tertiary/aromatic N) is 2. The Balaban J connectivity index is 2.06. The van der Waals surface area contributed by atoms with E-state index in [1.165, 1.54) is 0 Å². The van der Waals surface area contributed by atoms with E-state index in [1.54, 1.807) is 6.20 Å². The van der Waals surface area contributed by atoms with E-state index in [0.717, 1.165) is 31.5 Å². The number of carbonyl (C=O) groups excluding carboxylic acids is 1. The lowest BCUT2D eigenvalue weighted by atomic mass is 10.1. The van der Waals surface area contributed by atoms with Crippen LogP contribution < -0.4 is 0 Å². The first-order valence-electron chi connectivity index (χ1n) is 5.12. The third-order valence-electron chi connectivity index (χ3n) is 2.75. The molecule has 1 aromatic rings. The number of alkyl halides is 1. The normalized spacial score (nSPS) is 18.1. The summed E-state index contributed by atoms with van der Waals surface area (Å²) in [5, 5.41) is 6.81. The van der Waals surface area contributed by atoms with Crippen molar-refractivity contribution in [2.24, 2.45) is 0 Å². The third kappa shape index (κ3) is 2.15. The summed E-state index contributed by atoms with van der Waals surface area (Å²) in [4.78, 5) is 13.8. The number of amides is 1. The number of likely N-dealkylation sites (tertiary alicyclic amines) is 1. The minimum atomic E-state index is 0.0357. The molecule has 0 radical (unpaired) electrons. The number of aromatic nitrogens is 2. The number of aromatic amines is 1. The van der Waals surface area contributed by atoms with Crippen LogP contribution in [0.1, 0.15) is 28.9 Å². The Hall–Kier alpha value is -1.03. The molecule has 4 nitrogen and oxygen atoms in total.